The zero-order chi connectivity index (χ0) is 42.0. The van der Waals surface area contributed by atoms with Crippen molar-refractivity contribution >= 4 is 35.0 Å². The highest BCUT2D eigenvalue weighted by Gasteiger charge is 2.32. The molecule has 5 heterocycles. The highest BCUT2D eigenvalue weighted by molar-refractivity contribution is 6.05. The molecule has 6 aromatic rings. The van der Waals surface area contributed by atoms with Crippen LogP contribution in [0.2, 0.25) is 0 Å². The first-order chi connectivity index (χ1) is 28.9. The highest BCUT2D eigenvalue weighted by atomic mass is 19.1. The van der Waals surface area contributed by atoms with E-state index in [1.807, 2.05) is 66.6 Å². The number of piperidine rings is 2. The van der Waals surface area contributed by atoms with E-state index in [1.165, 1.54) is 11.6 Å². The molecule has 2 aliphatic heterocycles. The number of hydrogen-bond donors (Lipinski definition) is 2. The zero-order valence-corrected chi connectivity index (χ0v) is 34.1. The number of pyridine rings is 1. The van der Waals surface area contributed by atoms with Crippen molar-refractivity contribution in [2.75, 3.05) is 43.9 Å². The van der Waals surface area contributed by atoms with Gasteiger partial charge in [-0.25, -0.2) is 28.5 Å². The lowest BCUT2D eigenvalue weighted by Crippen LogP contribution is -2.49. The number of hydrogen-bond acceptors (Lipinski definition) is 9. The summed E-state index contributed by atoms with van der Waals surface area (Å²) in [5.41, 5.74) is 4.18. The lowest BCUT2D eigenvalue weighted by molar-refractivity contribution is 0.0127. The van der Waals surface area contributed by atoms with Crippen molar-refractivity contribution in [2.45, 2.75) is 64.0 Å². The van der Waals surface area contributed by atoms with Gasteiger partial charge in [-0.05, 0) is 126 Å². The quantitative estimate of drug-likeness (QED) is 0.147. The fourth-order valence-electron chi connectivity index (χ4n) is 8.13. The van der Waals surface area contributed by atoms with Gasteiger partial charge >= 0.3 is 6.09 Å². The first-order valence-corrected chi connectivity index (χ1v) is 20.3. The first-order valence-electron chi connectivity index (χ1n) is 20.3. The Bertz CT molecular complexity index is 2500. The van der Waals surface area contributed by atoms with Crippen LogP contribution in [-0.4, -0.2) is 86.1 Å². The molecule has 0 aliphatic carbocycles. The number of amides is 2. The minimum Gasteiger partial charge on any atom is -0.495 e. The van der Waals surface area contributed by atoms with Crippen LogP contribution in [0.1, 0.15) is 68.3 Å². The predicted octanol–water partition coefficient (Wildman–Crippen LogP) is 9.32. The maximum Gasteiger partial charge on any atom is 0.410 e. The van der Waals surface area contributed by atoms with Crippen molar-refractivity contribution in [3.8, 4) is 28.4 Å². The number of para-hydroxylation sites is 1. The van der Waals surface area contributed by atoms with Crippen LogP contribution in [0.25, 0.3) is 28.3 Å². The summed E-state index contributed by atoms with van der Waals surface area (Å²) in [6.45, 7) is 9.13. The van der Waals surface area contributed by atoms with Crippen LogP contribution in [0, 0.1) is 11.6 Å². The summed E-state index contributed by atoms with van der Waals surface area (Å²) >= 11 is 0. The molecule has 14 heteroatoms. The molecule has 2 fully saturated rings. The van der Waals surface area contributed by atoms with E-state index in [9.17, 15) is 18.4 Å². The van der Waals surface area contributed by atoms with Crippen LogP contribution in [0.15, 0.2) is 97.3 Å². The Balaban J connectivity index is 0.967. The van der Waals surface area contributed by atoms with Crippen molar-refractivity contribution in [1.82, 2.24) is 29.2 Å². The minimum atomic E-state index is -0.868. The van der Waals surface area contributed by atoms with Gasteiger partial charge in [0.2, 0.25) is 5.95 Å². The second-order valence-corrected chi connectivity index (χ2v) is 16.2. The molecule has 0 unspecified atom stereocenters. The second-order valence-electron chi connectivity index (χ2n) is 16.2. The first kappa shape index (κ1) is 40.4. The van der Waals surface area contributed by atoms with Crippen LogP contribution in [0.4, 0.5) is 30.9 Å². The van der Waals surface area contributed by atoms with E-state index in [4.69, 9.17) is 19.4 Å². The van der Waals surface area contributed by atoms with Crippen molar-refractivity contribution in [3.05, 3.63) is 120 Å². The van der Waals surface area contributed by atoms with Gasteiger partial charge in [0.1, 0.15) is 34.3 Å². The molecule has 0 saturated carbocycles. The largest absolute Gasteiger partial charge is 0.495 e. The van der Waals surface area contributed by atoms with Gasteiger partial charge in [0, 0.05) is 42.7 Å². The highest BCUT2D eigenvalue weighted by Crippen LogP contribution is 2.37. The Kier molecular flexibility index (Phi) is 11.5. The number of anilines is 3. The summed E-state index contributed by atoms with van der Waals surface area (Å²) in [4.78, 5) is 44.6. The van der Waals surface area contributed by atoms with Crippen LogP contribution < -0.4 is 15.4 Å². The van der Waals surface area contributed by atoms with E-state index >= 15 is 0 Å². The number of carbonyl (C=O) groups is 2. The van der Waals surface area contributed by atoms with Crippen LogP contribution in [-0.2, 0) is 4.74 Å². The van der Waals surface area contributed by atoms with Crippen molar-refractivity contribution < 1.29 is 27.8 Å². The van der Waals surface area contributed by atoms with E-state index in [2.05, 4.69) is 32.7 Å². The standard InChI is InChI=1S/C46H48F2N8O4/c1-46(2,3)60-45(58)55-25-19-33(20-26-55)54-23-17-29(18-24-54)30-14-15-36(38(28-30)59-4)50-44-49-21-16-37(51-44)42-40(52-39-13-5-6-22-56(39)42)31-9-7-10-32(27-31)43(57)53-41-34(47)11-8-12-35(41)48/h5-16,21-22,27-29,33H,17-20,23-26H2,1-4H3,(H,53,57)(H,49,50,51). The molecule has 2 aliphatic rings. The van der Waals surface area contributed by atoms with Gasteiger partial charge in [-0.15, -0.1) is 0 Å². The third-order valence-electron chi connectivity index (χ3n) is 11.1. The molecule has 60 heavy (non-hydrogen) atoms. The van der Waals surface area contributed by atoms with Gasteiger partial charge in [-0.3, -0.25) is 9.20 Å². The number of halogens is 2. The normalized spacial score (nSPS) is 15.5. The second kappa shape index (κ2) is 17.1. The SMILES string of the molecule is COc1cc(C2CCN(C3CCN(C(=O)OC(C)(C)C)CC3)CC2)ccc1Nc1nccc(-c2c(-c3cccc(C(=O)Nc4c(F)cccc4F)c3)nc3ccccn23)n1. The summed E-state index contributed by atoms with van der Waals surface area (Å²) in [6, 6.07) is 24.3. The molecule has 12 nitrogen and oxygen atoms in total. The Morgan fingerprint density at radius 1 is 0.833 bits per heavy atom. The van der Waals surface area contributed by atoms with Gasteiger partial charge in [-0.1, -0.05) is 30.3 Å². The lowest BCUT2D eigenvalue weighted by Gasteiger charge is -2.42. The van der Waals surface area contributed by atoms with Gasteiger partial charge < -0.3 is 29.9 Å². The maximum absolute atomic E-state index is 14.4. The van der Waals surface area contributed by atoms with E-state index in [1.54, 1.807) is 37.6 Å². The molecule has 8 rings (SSSR count). The van der Waals surface area contributed by atoms with E-state index in [0.29, 0.717) is 52.0 Å². The van der Waals surface area contributed by atoms with Crippen molar-refractivity contribution in [1.29, 1.82) is 0 Å². The van der Waals surface area contributed by atoms with E-state index < -0.39 is 28.8 Å². The number of rotatable bonds is 9. The number of nitrogens with zero attached hydrogens (tertiary/aromatic N) is 6. The molecule has 3 aromatic heterocycles. The molecule has 2 saturated heterocycles. The molecule has 2 N–H and O–H groups in total. The Morgan fingerprint density at radius 3 is 2.32 bits per heavy atom. The topological polar surface area (TPSA) is 126 Å². The maximum atomic E-state index is 14.4. The number of methoxy groups -OCH3 is 1. The number of carbonyl (C=O) groups excluding carboxylic acids is 2. The number of nitrogens with one attached hydrogen (secondary N) is 2. The summed E-state index contributed by atoms with van der Waals surface area (Å²) in [5, 5.41) is 5.72. The molecule has 0 radical (unpaired) electrons. The van der Waals surface area contributed by atoms with Crippen LogP contribution in [0.3, 0.4) is 0 Å². The fraction of sp³-hybridized carbons (Fsp3) is 0.326. The number of fused-ring (bicyclic) bond motifs is 1. The summed E-state index contributed by atoms with van der Waals surface area (Å²) in [7, 11) is 1.65. The predicted molar refractivity (Wildman–Crippen MR) is 227 cm³/mol. The summed E-state index contributed by atoms with van der Waals surface area (Å²) in [5.74, 6) is -0.983. The third kappa shape index (κ3) is 8.79. The molecule has 2 amide bonds. The molecule has 0 spiro atoms. The monoisotopic (exact) mass is 814 g/mol. The molecule has 0 bridgehead atoms. The fourth-order valence-corrected chi connectivity index (χ4v) is 8.13. The van der Waals surface area contributed by atoms with Gasteiger partial charge in [0.15, 0.2) is 0 Å². The van der Waals surface area contributed by atoms with Gasteiger partial charge in [0.25, 0.3) is 5.91 Å². The number of ether oxygens (including phenoxy) is 2. The van der Waals surface area contributed by atoms with Gasteiger partial charge in [0.05, 0.1) is 29.9 Å². The smallest absolute Gasteiger partial charge is 0.410 e. The van der Waals surface area contributed by atoms with Crippen LogP contribution in [0.5, 0.6) is 5.75 Å². The average molecular weight is 815 g/mol. The minimum absolute atomic E-state index is 0.196. The Morgan fingerprint density at radius 2 is 1.58 bits per heavy atom. The molecular weight excluding hydrogens is 767 g/mol. The summed E-state index contributed by atoms with van der Waals surface area (Å²) in [6.07, 6.45) is 7.30. The molecule has 310 valence electrons. The molecule has 0 atom stereocenters. The third-order valence-corrected chi connectivity index (χ3v) is 11.1. The lowest BCUT2D eigenvalue weighted by atomic mass is 9.87. The Hall–Kier alpha value is -6.41. The van der Waals surface area contributed by atoms with E-state index in [0.717, 1.165) is 69.7 Å². The number of likely N-dealkylation sites (tertiary alicyclic amines) is 2. The van der Waals surface area contributed by atoms with Crippen molar-refractivity contribution in [2.24, 2.45) is 0 Å². The molecular formula is C46H48F2N8O4. The number of aromatic nitrogens is 4. The number of benzene rings is 3. The van der Waals surface area contributed by atoms with Gasteiger partial charge in [-0.2, -0.15) is 0 Å². The van der Waals surface area contributed by atoms with E-state index in [-0.39, 0.29) is 11.7 Å². The van der Waals surface area contributed by atoms with Crippen molar-refractivity contribution in [3.63, 3.8) is 0 Å². The Labute approximate surface area is 347 Å². The number of imidazole rings is 1. The summed E-state index contributed by atoms with van der Waals surface area (Å²) < 4.78 is 42.1. The molecule has 3 aromatic carbocycles. The average Bonchev–Trinajstić information content (AvgIpc) is 3.65. The zero-order valence-electron chi connectivity index (χ0n) is 34.1. The van der Waals surface area contributed by atoms with Crippen LogP contribution >= 0.6 is 0 Å².